The van der Waals surface area contributed by atoms with Crippen molar-refractivity contribution in [2.45, 2.75) is 65.4 Å². The van der Waals surface area contributed by atoms with Gasteiger partial charge in [-0.3, -0.25) is 0 Å². The molecule has 0 saturated carbocycles. The maximum Gasteiger partial charge on any atom is 0.428 e. The molecular weight excluding hydrogens is 412 g/mol. The SMILES string of the molecule is CCCCN(CCCC)SN(C)C(=O)Oc1occc1-c1cccc2c1OC(C)(C)C2. The number of benzene rings is 1. The van der Waals surface area contributed by atoms with Crippen molar-refractivity contribution in [2.24, 2.45) is 0 Å². The Morgan fingerprint density at radius 2 is 1.84 bits per heavy atom. The van der Waals surface area contributed by atoms with Gasteiger partial charge >= 0.3 is 12.0 Å². The van der Waals surface area contributed by atoms with E-state index < -0.39 is 6.09 Å². The van der Waals surface area contributed by atoms with Gasteiger partial charge in [-0.25, -0.2) is 13.4 Å². The molecule has 0 spiro atoms. The second-order valence-electron chi connectivity index (χ2n) is 8.54. The number of unbranched alkanes of at least 4 members (excludes halogenated alkanes) is 2. The number of ether oxygens (including phenoxy) is 2. The molecule has 1 aromatic heterocycles. The van der Waals surface area contributed by atoms with Crippen molar-refractivity contribution < 1.29 is 18.7 Å². The molecule has 0 N–H and O–H groups in total. The van der Waals surface area contributed by atoms with E-state index in [1.54, 1.807) is 13.3 Å². The van der Waals surface area contributed by atoms with Gasteiger partial charge in [-0.05, 0) is 38.3 Å². The molecule has 6 nitrogen and oxygen atoms in total. The van der Waals surface area contributed by atoms with Gasteiger partial charge in [0.25, 0.3) is 0 Å². The zero-order chi connectivity index (χ0) is 22.4. The molecule has 3 rings (SSSR count). The fraction of sp³-hybridized carbons (Fsp3) is 0.542. The highest BCUT2D eigenvalue weighted by molar-refractivity contribution is 7.95. The summed E-state index contributed by atoms with van der Waals surface area (Å²) in [6, 6.07) is 7.86. The Morgan fingerprint density at radius 1 is 1.13 bits per heavy atom. The number of fused-ring (bicyclic) bond motifs is 1. The number of hydrogen-bond acceptors (Lipinski definition) is 6. The molecule has 0 atom stereocenters. The molecule has 1 aliphatic rings. The summed E-state index contributed by atoms with van der Waals surface area (Å²) >= 11 is 1.40. The molecule has 7 heteroatoms. The van der Waals surface area contributed by atoms with Crippen LogP contribution in [0.25, 0.3) is 11.1 Å². The second-order valence-corrected chi connectivity index (χ2v) is 9.76. The maximum absolute atomic E-state index is 12.8. The lowest BCUT2D eigenvalue weighted by Crippen LogP contribution is -2.30. The first-order valence-electron chi connectivity index (χ1n) is 11.1. The van der Waals surface area contributed by atoms with E-state index in [1.807, 2.05) is 18.2 Å². The topological polar surface area (TPSA) is 55.2 Å². The Labute approximate surface area is 190 Å². The van der Waals surface area contributed by atoms with Gasteiger partial charge in [-0.1, -0.05) is 44.9 Å². The van der Waals surface area contributed by atoms with Gasteiger partial charge in [0.2, 0.25) is 0 Å². The van der Waals surface area contributed by atoms with Crippen molar-refractivity contribution in [3.63, 3.8) is 0 Å². The monoisotopic (exact) mass is 446 g/mol. The van der Waals surface area contributed by atoms with E-state index in [4.69, 9.17) is 13.9 Å². The number of rotatable bonds is 10. The van der Waals surface area contributed by atoms with Gasteiger partial charge in [0, 0.05) is 44.3 Å². The predicted molar refractivity (Wildman–Crippen MR) is 125 cm³/mol. The molecule has 1 aliphatic heterocycles. The number of carbonyl (C=O) groups excluding carboxylic acids is 1. The minimum absolute atomic E-state index is 0.188. The molecule has 0 fully saturated rings. The Morgan fingerprint density at radius 3 is 2.52 bits per heavy atom. The Bertz CT molecular complexity index is 872. The van der Waals surface area contributed by atoms with Crippen LogP contribution >= 0.6 is 12.1 Å². The standard InChI is InChI=1S/C24H34N2O4S/c1-6-8-14-26(15-9-7-2)31-25(5)23(27)29-22-20(13-16-28-22)19-12-10-11-18-17-24(3,4)30-21(18)19/h10-13,16H,6-9,14-15,17H2,1-5H3. The van der Waals surface area contributed by atoms with E-state index in [9.17, 15) is 4.79 Å². The van der Waals surface area contributed by atoms with Crippen LogP contribution in [0.3, 0.4) is 0 Å². The van der Waals surface area contributed by atoms with Gasteiger partial charge in [-0.15, -0.1) is 0 Å². The van der Waals surface area contributed by atoms with E-state index in [0.717, 1.165) is 67.6 Å². The summed E-state index contributed by atoms with van der Waals surface area (Å²) in [5, 5.41) is 0. The molecule has 0 unspecified atom stereocenters. The molecule has 1 aromatic carbocycles. The van der Waals surface area contributed by atoms with E-state index in [2.05, 4.69) is 38.1 Å². The maximum atomic E-state index is 12.8. The highest BCUT2D eigenvalue weighted by Crippen LogP contribution is 2.45. The summed E-state index contributed by atoms with van der Waals surface area (Å²) < 4.78 is 21.1. The van der Waals surface area contributed by atoms with Crippen LogP contribution in [0.2, 0.25) is 0 Å². The van der Waals surface area contributed by atoms with E-state index in [0.29, 0.717) is 0 Å². The van der Waals surface area contributed by atoms with Crippen LogP contribution in [-0.2, 0) is 6.42 Å². The third-order valence-corrected chi connectivity index (χ3v) is 6.20. The summed E-state index contributed by atoms with van der Waals surface area (Å²) in [5.41, 5.74) is 2.49. The van der Waals surface area contributed by atoms with Crippen molar-refractivity contribution >= 4 is 18.2 Å². The lowest BCUT2D eigenvalue weighted by molar-refractivity contribution is 0.139. The van der Waals surface area contributed by atoms with Gasteiger partial charge in [0.15, 0.2) is 0 Å². The number of furan rings is 1. The van der Waals surface area contributed by atoms with E-state index >= 15 is 0 Å². The third-order valence-electron chi connectivity index (χ3n) is 5.21. The average Bonchev–Trinajstić information content (AvgIpc) is 3.31. The summed E-state index contributed by atoms with van der Waals surface area (Å²) in [7, 11) is 1.73. The first-order chi connectivity index (χ1) is 14.8. The van der Waals surface area contributed by atoms with E-state index in [1.165, 1.54) is 16.4 Å². The molecule has 1 amide bonds. The normalized spacial score (nSPS) is 14.4. The summed E-state index contributed by atoms with van der Waals surface area (Å²) in [5.74, 6) is 1.02. The quantitative estimate of drug-likeness (QED) is 0.385. The molecule has 2 aromatic rings. The summed E-state index contributed by atoms with van der Waals surface area (Å²) in [6.07, 6.45) is 6.34. The minimum atomic E-state index is -0.465. The van der Waals surface area contributed by atoms with Crippen LogP contribution in [0.4, 0.5) is 4.79 Å². The Kier molecular flexibility index (Phi) is 7.94. The largest absolute Gasteiger partial charge is 0.487 e. The minimum Gasteiger partial charge on any atom is -0.487 e. The van der Waals surface area contributed by atoms with Crippen molar-refractivity contribution in [2.75, 3.05) is 20.1 Å². The van der Waals surface area contributed by atoms with Crippen LogP contribution in [0.5, 0.6) is 11.7 Å². The molecule has 0 bridgehead atoms. The fourth-order valence-electron chi connectivity index (χ4n) is 3.61. The van der Waals surface area contributed by atoms with Crippen molar-refractivity contribution in [1.82, 2.24) is 8.61 Å². The van der Waals surface area contributed by atoms with Crippen LogP contribution in [0, 0.1) is 0 Å². The molecule has 2 heterocycles. The smallest absolute Gasteiger partial charge is 0.428 e. The molecule has 0 radical (unpaired) electrons. The Hall–Kier alpha value is -2.12. The zero-order valence-corrected chi connectivity index (χ0v) is 20.1. The first-order valence-corrected chi connectivity index (χ1v) is 11.8. The third kappa shape index (κ3) is 5.98. The number of para-hydroxylation sites is 1. The number of hydrogen-bond donors (Lipinski definition) is 0. The predicted octanol–water partition coefficient (Wildman–Crippen LogP) is 6.56. The van der Waals surface area contributed by atoms with Crippen LogP contribution in [0.15, 0.2) is 34.9 Å². The van der Waals surface area contributed by atoms with Crippen LogP contribution in [0.1, 0.15) is 58.9 Å². The number of carbonyl (C=O) groups is 1. The van der Waals surface area contributed by atoms with Gasteiger partial charge in [0.05, 0.1) is 11.8 Å². The highest BCUT2D eigenvalue weighted by atomic mass is 32.2. The number of nitrogens with zero attached hydrogens (tertiary/aromatic N) is 2. The van der Waals surface area contributed by atoms with Gasteiger partial charge < -0.3 is 13.9 Å². The number of amides is 1. The lowest BCUT2D eigenvalue weighted by atomic mass is 9.99. The van der Waals surface area contributed by atoms with Crippen molar-refractivity contribution in [3.05, 3.63) is 36.1 Å². The first kappa shape index (κ1) is 23.5. The molecular formula is C24H34N2O4S. The van der Waals surface area contributed by atoms with Gasteiger partial charge in [0.1, 0.15) is 11.4 Å². The van der Waals surface area contributed by atoms with Crippen LogP contribution in [-0.4, -0.2) is 40.4 Å². The summed E-state index contributed by atoms with van der Waals surface area (Å²) in [6.45, 7) is 10.4. The highest BCUT2D eigenvalue weighted by Gasteiger charge is 2.33. The van der Waals surface area contributed by atoms with Crippen LogP contribution < -0.4 is 9.47 Å². The van der Waals surface area contributed by atoms with E-state index in [-0.39, 0.29) is 11.5 Å². The molecule has 170 valence electrons. The summed E-state index contributed by atoms with van der Waals surface area (Å²) in [4.78, 5) is 12.8. The second kappa shape index (κ2) is 10.5. The lowest BCUT2D eigenvalue weighted by Gasteiger charge is -2.25. The molecule has 0 saturated heterocycles. The van der Waals surface area contributed by atoms with Crippen molar-refractivity contribution in [3.8, 4) is 22.8 Å². The fourth-order valence-corrected chi connectivity index (χ4v) is 4.49. The zero-order valence-electron chi connectivity index (χ0n) is 19.3. The average molecular weight is 447 g/mol. The van der Waals surface area contributed by atoms with Gasteiger partial charge in [-0.2, -0.15) is 0 Å². The molecule has 31 heavy (non-hydrogen) atoms. The Balaban J connectivity index is 1.71. The van der Waals surface area contributed by atoms with Crippen molar-refractivity contribution in [1.29, 1.82) is 0 Å². The molecule has 0 aliphatic carbocycles.